The summed E-state index contributed by atoms with van der Waals surface area (Å²) in [5, 5.41) is 41.9. The molecule has 0 aromatic heterocycles. The first kappa shape index (κ1) is 19.8. The maximum absolute atomic E-state index is 11.8. The molecule has 2 aliphatic heterocycles. The van der Waals surface area contributed by atoms with E-state index in [9.17, 15) is 25.2 Å². The van der Waals surface area contributed by atoms with Gasteiger partial charge in [0.2, 0.25) is 5.91 Å². The lowest BCUT2D eigenvalue weighted by molar-refractivity contribution is -0.311. The summed E-state index contributed by atoms with van der Waals surface area (Å²) in [5.41, 5.74) is 0. The van der Waals surface area contributed by atoms with E-state index in [4.69, 9.17) is 21.1 Å². The number of aliphatic hydroxyl groups is 4. The molecule has 26 heavy (non-hydrogen) atoms. The minimum absolute atomic E-state index is 0.204. The van der Waals surface area contributed by atoms with Crippen LogP contribution in [0.15, 0.2) is 29.2 Å². The zero-order valence-electron chi connectivity index (χ0n) is 13.6. The Morgan fingerprint density at radius 3 is 2.54 bits per heavy atom. The molecule has 1 amide bonds. The van der Waals surface area contributed by atoms with Crippen LogP contribution in [-0.2, 0) is 14.3 Å². The normalized spacial score (nSPS) is 37.6. The van der Waals surface area contributed by atoms with Gasteiger partial charge in [0.05, 0.1) is 11.9 Å². The Balaban J connectivity index is 1.68. The molecular weight excluding hydrogens is 386 g/mol. The fraction of sp³-hybridized carbons (Fsp3) is 0.562. The summed E-state index contributed by atoms with van der Waals surface area (Å²) in [6, 6.07) is 7.12. The van der Waals surface area contributed by atoms with Crippen molar-refractivity contribution in [2.75, 3.05) is 6.61 Å². The minimum atomic E-state index is -1.54. The van der Waals surface area contributed by atoms with Gasteiger partial charge in [0.1, 0.15) is 30.6 Å². The van der Waals surface area contributed by atoms with Gasteiger partial charge in [0.25, 0.3) is 0 Å². The summed E-state index contributed by atoms with van der Waals surface area (Å²) < 4.78 is 11.0. The lowest BCUT2D eigenvalue weighted by Gasteiger charge is -2.40. The van der Waals surface area contributed by atoms with Crippen molar-refractivity contribution < 1.29 is 34.7 Å². The van der Waals surface area contributed by atoms with Crippen LogP contribution in [0.2, 0.25) is 5.02 Å². The average Bonchev–Trinajstić information content (AvgIpc) is 2.96. The van der Waals surface area contributed by atoms with Crippen molar-refractivity contribution in [1.82, 2.24) is 5.32 Å². The Morgan fingerprint density at radius 2 is 1.88 bits per heavy atom. The Bertz CT molecular complexity index is 632. The first-order valence-electron chi connectivity index (χ1n) is 8.06. The number of nitrogens with one attached hydrogen (secondary N) is 1. The third-order valence-electron chi connectivity index (χ3n) is 4.26. The maximum Gasteiger partial charge on any atom is 0.223 e. The van der Waals surface area contributed by atoms with Gasteiger partial charge in [-0.1, -0.05) is 11.6 Å². The number of carbonyl (C=O) groups is 1. The predicted molar refractivity (Wildman–Crippen MR) is 92.5 cm³/mol. The molecule has 2 fully saturated rings. The average molecular weight is 406 g/mol. The monoisotopic (exact) mass is 405 g/mol. The molecule has 8 nitrogen and oxygen atoms in total. The first-order chi connectivity index (χ1) is 12.4. The number of rotatable bonds is 5. The van der Waals surface area contributed by atoms with Crippen LogP contribution in [0.25, 0.3) is 0 Å². The predicted octanol–water partition coefficient (Wildman–Crippen LogP) is -0.537. The molecule has 2 saturated heterocycles. The summed E-state index contributed by atoms with van der Waals surface area (Å²) in [6.07, 6.45) is -7.47. The van der Waals surface area contributed by atoms with Gasteiger partial charge in [-0.05, 0) is 24.3 Å². The van der Waals surface area contributed by atoms with E-state index >= 15 is 0 Å². The molecule has 10 heteroatoms. The second kappa shape index (κ2) is 8.41. The number of benzene rings is 1. The molecule has 144 valence electrons. The highest BCUT2D eigenvalue weighted by Gasteiger charge is 2.46. The molecule has 0 aliphatic carbocycles. The summed E-state index contributed by atoms with van der Waals surface area (Å²) in [7, 11) is 0. The highest BCUT2D eigenvalue weighted by atomic mass is 35.5. The van der Waals surface area contributed by atoms with Crippen molar-refractivity contribution in [3.8, 4) is 0 Å². The van der Waals surface area contributed by atoms with Crippen molar-refractivity contribution in [1.29, 1.82) is 0 Å². The van der Waals surface area contributed by atoms with E-state index in [-0.39, 0.29) is 17.6 Å². The third-order valence-corrected chi connectivity index (χ3v) is 5.77. The zero-order chi connectivity index (χ0) is 18.8. The van der Waals surface area contributed by atoms with Crippen molar-refractivity contribution in [2.24, 2.45) is 0 Å². The van der Waals surface area contributed by atoms with Crippen LogP contribution in [0.5, 0.6) is 0 Å². The number of hydrogen-bond acceptors (Lipinski definition) is 8. The topological polar surface area (TPSA) is 128 Å². The van der Waals surface area contributed by atoms with Gasteiger partial charge >= 0.3 is 0 Å². The van der Waals surface area contributed by atoms with Crippen molar-refractivity contribution in [3.63, 3.8) is 0 Å². The van der Waals surface area contributed by atoms with Crippen molar-refractivity contribution >= 4 is 29.3 Å². The molecule has 7 atom stereocenters. The van der Waals surface area contributed by atoms with Gasteiger partial charge in [-0.2, -0.15) is 0 Å². The van der Waals surface area contributed by atoms with E-state index in [1.165, 1.54) is 11.8 Å². The molecule has 2 aliphatic rings. The Labute approximate surface area is 159 Å². The van der Waals surface area contributed by atoms with Crippen molar-refractivity contribution in [3.05, 3.63) is 29.3 Å². The van der Waals surface area contributed by atoms with Crippen LogP contribution < -0.4 is 5.32 Å². The van der Waals surface area contributed by atoms with Crippen LogP contribution in [0.1, 0.15) is 6.42 Å². The number of thioether (sulfide) groups is 1. The second-order valence-corrected chi connectivity index (χ2v) is 7.88. The molecule has 0 spiro atoms. The Hall–Kier alpha value is -0.910. The maximum atomic E-state index is 11.8. The van der Waals surface area contributed by atoms with Crippen LogP contribution in [0.3, 0.4) is 0 Å². The van der Waals surface area contributed by atoms with E-state index in [0.29, 0.717) is 5.02 Å². The highest BCUT2D eigenvalue weighted by molar-refractivity contribution is 8.00. The quantitative estimate of drug-likeness (QED) is 0.442. The number of halogens is 1. The molecule has 0 saturated carbocycles. The number of amides is 1. The van der Waals surface area contributed by atoms with E-state index in [1.807, 2.05) is 12.1 Å². The van der Waals surface area contributed by atoms with Gasteiger partial charge in [0, 0.05) is 16.3 Å². The number of carbonyl (C=O) groups excluding carboxylic acids is 1. The third kappa shape index (κ3) is 4.32. The molecule has 0 radical (unpaired) electrons. The summed E-state index contributed by atoms with van der Waals surface area (Å²) in [4.78, 5) is 12.7. The van der Waals surface area contributed by atoms with Crippen LogP contribution in [0, 0.1) is 0 Å². The minimum Gasteiger partial charge on any atom is -0.394 e. The molecular formula is C16H20ClNO7S. The van der Waals surface area contributed by atoms with Gasteiger partial charge in [-0.25, -0.2) is 0 Å². The molecule has 1 aromatic carbocycles. The smallest absolute Gasteiger partial charge is 0.223 e. The van der Waals surface area contributed by atoms with Gasteiger partial charge in [-0.3, -0.25) is 4.79 Å². The molecule has 0 bridgehead atoms. The number of ether oxygens (including phenoxy) is 2. The number of aliphatic hydroxyl groups excluding tert-OH is 4. The standard InChI is InChI=1S/C16H20ClNO7S/c17-7-1-3-8(4-2-7)26-10-5-11(20)18-15(10)25-16-14(23)13(22)12(21)9(6-19)24-16/h1-4,9-10,12-16,19,21-23H,5-6H2,(H,18,20)/t9-,10?,12-,13+,14+,15+,16+/m0/s1. The van der Waals surface area contributed by atoms with Gasteiger partial charge in [-0.15, -0.1) is 11.8 Å². The Morgan fingerprint density at radius 1 is 1.19 bits per heavy atom. The zero-order valence-corrected chi connectivity index (χ0v) is 15.1. The summed E-state index contributed by atoms with van der Waals surface area (Å²) in [5.74, 6) is -0.217. The summed E-state index contributed by atoms with van der Waals surface area (Å²) >= 11 is 7.27. The van der Waals surface area contributed by atoms with Gasteiger partial charge in [0.15, 0.2) is 6.29 Å². The Kier molecular flexibility index (Phi) is 6.41. The lowest BCUT2D eigenvalue weighted by atomic mass is 9.99. The van der Waals surface area contributed by atoms with E-state index in [0.717, 1.165) is 4.90 Å². The molecule has 2 heterocycles. The van der Waals surface area contributed by atoms with E-state index in [2.05, 4.69) is 5.32 Å². The highest BCUT2D eigenvalue weighted by Crippen LogP contribution is 2.33. The fourth-order valence-electron chi connectivity index (χ4n) is 2.84. The first-order valence-corrected chi connectivity index (χ1v) is 9.32. The van der Waals surface area contributed by atoms with Crippen LogP contribution >= 0.6 is 23.4 Å². The SMILES string of the molecule is O=C1CC(Sc2ccc(Cl)cc2)[C@@H](O[C@H]2O[C@@H](CO)[C@H](O)[C@@H](O)[C@H]2O)N1. The molecule has 1 aromatic rings. The number of hydrogen-bond donors (Lipinski definition) is 5. The second-order valence-electron chi connectivity index (χ2n) is 6.14. The largest absolute Gasteiger partial charge is 0.394 e. The van der Waals surface area contributed by atoms with Gasteiger partial charge < -0.3 is 35.2 Å². The molecule has 3 rings (SSSR count). The van der Waals surface area contributed by atoms with Crippen molar-refractivity contribution in [2.45, 2.75) is 53.5 Å². The van der Waals surface area contributed by atoms with E-state index in [1.54, 1.807) is 12.1 Å². The van der Waals surface area contributed by atoms with Crippen LogP contribution in [0.4, 0.5) is 0 Å². The molecule has 5 N–H and O–H groups in total. The summed E-state index contributed by atoms with van der Waals surface area (Å²) in [6.45, 7) is -0.551. The van der Waals surface area contributed by atoms with E-state index < -0.39 is 43.5 Å². The molecule has 1 unspecified atom stereocenters. The van der Waals surface area contributed by atoms with Crippen LogP contribution in [-0.4, -0.2) is 75.1 Å². The fourth-order valence-corrected chi connectivity index (χ4v) is 4.10. The lowest BCUT2D eigenvalue weighted by Crippen LogP contribution is -2.60.